The molecule has 4 nitrogen and oxygen atoms in total. The first-order valence-electron chi connectivity index (χ1n) is 8.41. The van der Waals surface area contributed by atoms with Crippen LogP contribution in [0.3, 0.4) is 0 Å². The van der Waals surface area contributed by atoms with Gasteiger partial charge >= 0.3 is 0 Å². The van der Waals surface area contributed by atoms with E-state index in [0.29, 0.717) is 10.7 Å². The number of hydrogen-bond donors (Lipinski definition) is 0. The van der Waals surface area contributed by atoms with E-state index in [2.05, 4.69) is 16.0 Å². The summed E-state index contributed by atoms with van der Waals surface area (Å²) in [6, 6.07) is 13.2. The minimum absolute atomic E-state index is 0.0701. The molecule has 7 heteroatoms. The van der Waals surface area contributed by atoms with Gasteiger partial charge < -0.3 is 4.90 Å². The Labute approximate surface area is 166 Å². The highest BCUT2D eigenvalue weighted by molar-refractivity contribution is 7.16. The maximum atomic E-state index is 12.8. The lowest BCUT2D eigenvalue weighted by atomic mass is 10.1. The van der Waals surface area contributed by atoms with E-state index in [1.807, 2.05) is 35.2 Å². The van der Waals surface area contributed by atoms with E-state index >= 15 is 0 Å². The van der Waals surface area contributed by atoms with Gasteiger partial charge in [-0.3, -0.25) is 9.69 Å². The Morgan fingerprint density at radius 2 is 1.85 bits per heavy atom. The summed E-state index contributed by atoms with van der Waals surface area (Å²) in [4.78, 5) is 22.6. The largest absolute Gasteiger partial charge is 0.336 e. The maximum absolute atomic E-state index is 12.8. The molecule has 1 amide bonds. The van der Waals surface area contributed by atoms with Crippen LogP contribution in [0.5, 0.6) is 0 Å². The summed E-state index contributed by atoms with van der Waals surface area (Å²) in [5.41, 5.74) is 1.49. The van der Waals surface area contributed by atoms with E-state index in [0.717, 1.165) is 48.0 Å². The van der Waals surface area contributed by atoms with E-state index in [9.17, 15) is 4.79 Å². The standard InChI is InChI=1S/C19H17Cl2N3OS/c20-17-5-2-13-11-14(1-4-16(13)22-17)19(25)24-9-7-23(8-10-24)12-15-3-6-18(21)26-15/h1-6,11H,7-10,12H2. The van der Waals surface area contributed by atoms with Crippen molar-refractivity contribution in [1.82, 2.24) is 14.8 Å². The van der Waals surface area contributed by atoms with Crippen molar-refractivity contribution in [3.8, 4) is 0 Å². The summed E-state index contributed by atoms with van der Waals surface area (Å²) in [7, 11) is 0. The van der Waals surface area contributed by atoms with Crippen LogP contribution in [-0.2, 0) is 6.54 Å². The zero-order valence-electron chi connectivity index (χ0n) is 14.0. The third-order valence-electron chi connectivity index (χ3n) is 4.57. The van der Waals surface area contributed by atoms with Gasteiger partial charge in [-0.25, -0.2) is 4.98 Å². The Morgan fingerprint density at radius 3 is 2.58 bits per heavy atom. The predicted molar refractivity (Wildman–Crippen MR) is 107 cm³/mol. The van der Waals surface area contributed by atoms with Gasteiger partial charge in [0.15, 0.2) is 0 Å². The lowest BCUT2D eigenvalue weighted by Gasteiger charge is -2.34. The molecule has 1 aromatic carbocycles. The number of piperazine rings is 1. The van der Waals surface area contributed by atoms with Crippen LogP contribution in [0.2, 0.25) is 9.49 Å². The Bertz CT molecular complexity index is 951. The van der Waals surface area contributed by atoms with Gasteiger partial charge in [0.1, 0.15) is 5.15 Å². The molecule has 1 fully saturated rings. The molecule has 1 aliphatic heterocycles. The van der Waals surface area contributed by atoms with E-state index in [1.54, 1.807) is 17.4 Å². The van der Waals surface area contributed by atoms with Crippen molar-refractivity contribution in [2.45, 2.75) is 6.54 Å². The van der Waals surface area contributed by atoms with Crippen molar-refractivity contribution in [3.63, 3.8) is 0 Å². The summed E-state index contributed by atoms with van der Waals surface area (Å²) < 4.78 is 0.820. The van der Waals surface area contributed by atoms with Crippen LogP contribution in [0.4, 0.5) is 0 Å². The molecule has 0 spiro atoms. The number of aromatic nitrogens is 1. The van der Waals surface area contributed by atoms with Crippen LogP contribution < -0.4 is 0 Å². The van der Waals surface area contributed by atoms with Crippen LogP contribution in [0, 0.1) is 0 Å². The van der Waals surface area contributed by atoms with Gasteiger partial charge in [0.05, 0.1) is 9.85 Å². The molecule has 3 aromatic rings. The number of benzene rings is 1. The van der Waals surface area contributed by atoms with Gasteiger partial charge in [-0.1, -0.05) is 23.2 Å². The molecule has 0 saturated carbocycles. The lowest BCUT2D eigenvalue weighted by molar-refractivity contribution is 0.0630. The van der Waals surface area contributed by atoms with Crippen molar-refractivity contribution < 1.29 is 4.79 Å². The van der Waals surface area contributed by atoms with E-state index in [1.165, 1.54) is 4.88 Å². The average molecular weight is 406 g/mol. The first-order chi connectivity index (χ1) is 12.6. The minimum Gasteiger partial charge on any atom is -0.336 e. The number of pyridine rings is 1. The van der Waals surface area contributed by atoms with Crippen LogP contribution in [0.25, 0.3) is 10.9 Å². The van der Waals surface area contributed by atoms with Crippen molar-refractivity contribution in [2.75, 3.05) is 26.2 Å². The molecule has 1 aliphatic rings. The Hall–Kier alpha value is -1.66. The molecule has 0 aliphatic carbocycles. The quantitative estimate of drug-likeness (QED) is 0.599. The zero-order chi connectivity index (χ0) is 18.1. The Kier molecular flexibility index (Phi) is 5.14. The average Bonchev–Trinajstić information content (AvgIpc) is 3.06. The van der Waals surface area contributed by atoms with Crippen LogP contribution >= 0.6 is 34.5 Å². The molecule has 4 rings (SSSR count). The second kappa shape index (κ2) is 7.53. The molecular weight excluding hydrogens is 389 g/mol. The fourth-order valence-corrected chi connectivity index (χ4v) is 4.47. The summed E-state index contributed by atoms with van der Waals surface area (Å²) >= 11 is 13.5. The van der Waals surface area contributed by atoms with Gasteiger partial charge in [0, 0.05) is 48.6 Å². The minimum atomic E-state index is 0.0701. The second-order valence-electron chi connectivity index (χ2n) is 6.32. The molecule has 0 bridgehead atoms. The number of amides is 1. The third-order valence-corrected chi connectivity index (χ3v) is 6.00. The topological polar surface area (TPSA) is 36.4 Å². The predicted octanol–water partition coefficient (Wildman–Crippen LogP) is 4.56. The number of rotatable bonds is 3. The number of nitrogens with zero attached hydrogens (tertiary/aromatic N) is 3. The molecular formula is C19H17Cl2N3OS. The molecule has 26 heavy (non-hydrogen) atoms. The number of fused-ring (bicyclic) bond motifs is 1. The fourth-order valence-electron chi connectivity index (χ4n) is 3.18. The first kappa shape index (κ1) is 17.7. The van der Waals surface area contributed by atoms with E-state index in [-0.39, 0.29) is 5.91 Å². The van der Waals surface area contributed by atoms with Gasteiger partial charge in [-0.15, -0.1) is 11.3 Å². The van der Waals surface area contributed by atoms with Crippen molar-refractivity contribution in [2.24, 2.45) is 0 Å². The Morgan fingerprint density at radius 1 is 1.04 bits per heavy atom. The van der Waals surface area contributed by atoms with E-state index in [4.69, 9.17) is 23.2 Å². The summed E-state index contributed by atoms with van der Waals surface area (Å²) in [6.45, 7) is 4.09. The molecule has 3 heterocycles. The van der Waals surface area contributed by atoms with Gasteiger partial charge in [0.2, 0.25) is 0 Å². The third kappa shape index (κ3) is 3.86. The second-order valence-corrected chi connectivity index (χ2v) is 8.50. The van der Waals surface area contributed by atoms with Crippen molar-refractivity contribution in [3.05, 3.63) is 62.4 Å². The number of thiophene rings is 1. The van der Waals surface area contributed by atoms with Crippen LogP contribution in [-0.4, -0.2) is 46.9 Å². The number of carbonyl (C=O) groups is 1. The number of carbonyl (C=O) groups excluding carboxylic acids is 1. The van der Waals surface area contributed by atoms with Crippen LogP contribution in [0.1, 0.15) is 15.2 Å². The van der Waals surface area contributed by atoms with Crippen LogP contribution in [0.15, 0.2) is 42.5 Å². The first-order valence-corrected chi connectivity index (χ1v) is 9.98. The highest BCUT2D eigenvalue weighted by Gasteiger charge is 2.22. The van der Waals surface area contributed by atoms with Crippen molar-refractivity contribution in [1.29, 1.82) is 0 Å². The molecule has 2 aromatic heterocycles. The molecule has 1 saturated heterocycles. The smallest absolute Gasteiger partial charge is 0.253 e. The zero-order valence-corrected chi connectivity index (χ0v) is 16.3. The highest BCUT2D eigenvalue weighted by Crippen LogP contribution is 2.23. The molecule has 0 N–H and O–H groups in total. The van der Waals surface area contributed by atoms with E-state index < -0.39 is 0 Å². The monoisotopic (exact) mass is 405 g/mol. The van der Waals surface area contributed by atoms with Gasteiger partial charge in [-0.2, -0.15) is 0 Å². The fraction of sp³-hybridized carbons (Fsp3) is 0.263. The summed E-state index contributed by atoms with van der Waals surface area (Å²) in [6.07, 6.45) is 0. The SMILES string of the molecule is O=C(c1ccc2nc(Cl)ccc2c1)N1CCN(Cc2ccc(Cl)s2)CC1. The Balaban J connectivity index is 1.41. The lowest BCUT2D eigenvalue weighted by Crippen LogP contribution is -2.48. The summed E-state index contributed by atoms with van der Waals surface area (Å²) in [5.74, 6) is 0.0701. The molecule has 0 unspecified atom stereocenters. The van der Waals surface area contributed by atoms with Gasteiger partial charge in [0.25, 0.3) is 5.91 Å². The number of hydrogen-bond acceptors (Lipinski definition) is 4. The van der Waals surface area contributed by atoms with Crippen molar-refractivity contribution >= 4 is 51.3 Å². The normalized spacial score (nSPS) is 15.5. The maximum Gasteiger partial charge on any atom is 0.253 e. The van der Waals surface area contributed by atoms with Gasteiger partial charge in [-0.05, 0) is 42.5 Å². The number of halogens is 2. The molecule has 0 atom stereocenters. The molecule has 0 radical (unpaired) electrons. The molecule has 134 valence electrons. The summed E-state index contributed by atoms with van der Waals surface area (Å²) in [5, 5.41) is 1.38. The highest BCUT2D eigenvalue weighted by atomic mass is 35.5.